The first-order chi connectivity index (χ1) is 14.1. The molecule has 1 N–H and O–H groups in total. The lowest BCUT2D eigenvalue weighted by molar-refractivity contribution is 0.0378. The van der Waals surface area contributed by atoms with Crippen molar-refractivity contribution in [1.29, 1.82) is 0 Å². The molecule has 1 aromatic heterocycles. The summed E-state index contributed by atoms with van der Waals surface area (Å²) in [5, 5.41) is 3.36. The Kier molecular flexibility index (Phi) is 6.21. The largest absolute Gasteiger partial charge is 0.379 e. The highest BCUT2D eigenvalue weighted by Gasteiger charge is 2.30. The van der Waals surface area contributed by atoms with Crippen LogP contribution in [0.25, 0.3) is 0 Å². The second-order valence-corrected chi connectivity index (χ2v) is 8.07. The number of hydrogen-bond donors (Lipinski definition) is 1. The third-order valence-corrected chi connectivity index (χ3v) is 5.98. The zero-order chi connectivity index (χ0) is 20.2. The van der Waals surface area contributed by atoms with Crippen LogP contribution in [-0.2, 0) is 11.2 Å². The molecule has 1 saturated heterocycles. The summed E-state index contributed by atoms with van der Waals surface area (Å²) in [7, 11) is 0. The number of rotatable bonds is 6. The van der Waals surface area contributed by atoms with E-state index in [0.29, 0.717) is 12.4 Å². The fourth-order valence-electron chi connectivity index (χ4n) is 4.45. The van der Waals surface area contributed by atoms with Crippen LogP contribution in [0.2, 0.25) is 0 Å². The van der Waals surface area contributed by atoms with Crippen LogP contribution in [0.1, 0.15) is 51.6 Å². The molecule has 1 aliphatic carbocycles. The van der Waals surface area contributed by atoms with E-state index >= 15 is 0 Å². The number of Topliss-reactive ketones (excluding diaryl/α,β-unsaturated/α-hetero) is 1. The number of benzene rings is 1. The van der Waals surface area contributed by atoms with E-state index in [1.807, 2.05) is 13.0 Å². The number of ether oxygens (including phenoxy) is 1. The molecule has 6 heteroatoms. The highest BCUT2D eigenvalue weighted by atomic mass is 16.5. The molecule has 2 heterocycles. The van der Waals surface area contributed by atoms with Crippen molar-refractivity contribution in [3.8, 4) is 0 Å². The molecule has 154 valence electrons. The lowest BCUT2D eigenvalue weighted by atomic mass is 9.80. The second-order valence-electron chi connectivity index (χ2n) is 8.07. The number of aryl methyl sites for hydroxylation is 2. The van der Waals surface area contributed by atoms with E-state index in [-0.39, 0.29) is 11.7 Å². The van der Waals surface area contributed by atoms with E-state index in [2.05, 4.69) is 40.3 Å². The highest BCUT2D eigenvalue weighted by molar-refractivity contribution is 5.99. The van der Waals surface area contributed by atoms with Gasteiger partial charge in [0.1, 0.15) is 0 Å². The maximum Gasteiger partial charge on any atom is 0.223 e. The van der Waals surface area contributed by atoms with Crippen LogP contribution in [0.15, 0.2) is 24.3 Å². The molecule has 6 nitrogen and oxygen atoms in total. The fraction of sp³-hybridized carbons (Fsp3) is 0.522. The zero-order valence-corrected chi connectivity index (χ0v) is 17.4. The summed E-state index contributed by atoms with van der Waals surface area (Å²) >= 11 is 0. The van der Waals surface area contributed by atoms with Crippen LogP contribution in [0.4, 0.5) is 5.95 Å². The summed E-state index contributed by atoms with van der Waals surface area (Å²) in [6.07, 6.45) is 2.36. The average molecular weight is 395 g/mol. The predicted molar refractivity (Wildman–Crippen MR) is 114 cm³/mol. The minimum Gasteiger partial charge on any atom is -0.379 e. The van der Waals surface area contributed by atoms with E-state index in [4.69, 9.17) is 9.72 Å². The van der Waals surface area contributed by atoms with Crippen LogP contribution in [0.3, 0.4) is 0 Å². The first-order valence-corrected chi connectivity index (χ1v) is 10.6. The number of carbonyl (C=O) groups is 1. The predicted octanol–water partition coefficient (Wildman–Crippen LogP) is 3.14. The minimum atomic E-state index is 0.163. The van der Waals surface area contributed by atoms with E-state index in [1.54, 1.807) is 0 Å². The van der Waals surface area contributed by atoms with Crippen LogP contribution in [0.5, 0.6) is 0 Å². The maximum absolute atomic E-state index is 12.8. The van der Waals surface area contributed by atoms with Crippen molar-refractivity contribution in [2.45, 2.75) is 39.0 Å². The molecule has 0 unspecified atom stereocenters. The normalized spacial score (nSPS) is 19.8. The summed E-state index contributed by atoms with van der Waals surface area (Å²) < 4.78 is 5.39. The van der Waals surface area contributed by atoms with Crippen LogP contribution in [-0.4, -0.2) is 60.0 Å². The van der Waals surface area contributed by atoms with Crippen molar-refractivity contribution in [3.05, 3.63) is 52.3 Å². The van der Waals surface area contributed by atoms with Gasteiger partial charge in [0.2, 0.25) is 5.95 Å². The van der Waals surface area contributed by atoms with E-state index < -0.39 is 0 Å². The molecule has 0 radical (unpaired) electrons. The number of fused-ring (bicyclic) bond motifs is 1. The molecule has 1 aliphatic heterocycles. The number of anilines is 1. The highest BCUT2D eigenvalue weighted by Crippen LogP contribution is 2.34. The van der Waals surface area contributed by atoms with Gasteiger partial charge in [-0.15, -0.1) is 0 Å². The van der Waals surface area contributed by atoms with Crippen molar-refractivity contribution in [3.63, 3.8) is 0 Å². The van der Waals surface area contributed by atoms with Gasteiger partial charge in [-0.25, -0.2) is 9.97 Å². The van der Waals surface area contributed by atoms with Gasteiger partial charge in [0.15, 0.2) is 5.78 Å². The fourth-order valence-corrected chi connectivity index (χ4v) is 4.45. The van der Waals surface area contributed by atoms with Gasteiger partial charge in [-0.05, 0) is 50.3 Å². The Balaban J connectivity index is 1.43. The topological polar surface area (TPSA) is 67.4 Å². The molecule has 1 fully saturated rings. The van der Waals surface area contributed by atoms with Gasteiger partial charge in [-0.3, -0.25) is 9.69 Å². The van der Waals surface area contributed by atoms with Crippen molar-refractivity contribution < 1.29 is 9.53 Å². The van der Waals surface area contributed by atoms with E-state index in [0.717, 1.165) is 69.2 Å². The second kappa shape index (κ2) is 9.01. The van der Waals surface area contributed by atoms with Crippen molar-refractivity contribution in [2.75, 3.05) is 44.7 Å². The standard InChI is InChI=1S/C23H30N4O2/c1-16-6-3-4-7-19(16)18-14-20-22(21(28)15-18)17(2)25-23(26-20)24-8-5-9-27-10-12-29-13-11-27/h3-4,6-7,18H,5,8-15H2,1-2H3,(H,24,25,26)/t18-/m1/s1. The molecule has 29 heavy (non-hydrogen) atoms. The van der Waals surface area contributed by atoms with E-state index in [1.165, 1.54) is 11.1 Å². The average Bonchev–Trinajstić information content (AvgIpc) is 2.72. The minimum absolute atomic E-state index is 0.163. The van der Waals surface area contributed by atoms with Gasteiger partial charge in [0, 0.05) is 26.1 Å². The Hall–Kier alpha value is -2.31. The Labute approximate surface area is 172 Å². The SMILES string of the molecule is Cc1ccccc1[C@H]1CC(=O)c2c(C)nc(NCCCN3CCOCC3)nc2C1. The Morgan fingerprint density at radius 2 is 1.93 bits per heavy atom. The molecule has 4 rings (SSSR count). The molecule has 1 atom stereocenters. The molecule has 0 bridgehead atoms. The molecule has 1 aromatic carbocycles. The molecule has 2 aliphatic rings. The lowest BCUT2D eigenvalue weighted by Crippen LogP contribution is -2.37. The summed E-state index contributed by atoms with van der Waals surface area (Å²) in [4.78, 5) is 24.6. The van der Waals surface area contributed by atoms with Crippen molar-refractivity contribution in [1.82, 2.24) is 14.9 Å². The number of nitrogens with one attached hydrogen (secondary N) is 1. The van der Waals surface area contributed by atoms with Crippen molar-refractivity contribution in [2.24, 2.45) is 0 Å². The number of carbonyl (C=O) groups excluding carboxylic acids is 1. The number of hydrogen-bond acceptors (Lipinski definition) is 6. The van der Waals surface area contributed by atoms with Gasteiger partial charge in [0.05, 0.1) is 30.2 Å². The number of ketones is 1. The lowest BCUT2D eigenvalue weighted by Gasteiger charge is -2.27. The maximum atomic E-state index is 12.8. The van der Waals surface area contributed by atoms with Crippen molar-refractivity contribution >= 4 is 11.7 Å². The number of nitrogens with zero attached hydrogens (tertiary/aromatic N) is 3. The van der Waals surface area contributed by atoms with Gasteiger partial charge >= 0.3 is 0 Å². The molecule has 0 spiro atoms. The Morgan fingerprint density at radius 1 is 1.14 bits per heavy atom. The van der Waals surface area contributed by atoms with Gasteiger partial charge in [-0.1, -0.05) is 24.3 Å². The molecule has 0 amide bonds. The first kappa shape index (κ1) is 20.0. The third-order valence-electron chi connectivity index (χ3n) is 5.98. The molecular weight excluding hydrogens is 364 g/mol. The van der Waals surface area contributed by atoms with Crippen LogP contribution in [0, 0.1) is 13.8 Å². The summed E-state index contributed by atoms with van der Waals surface area (Å²) in [5.41, 5.74) is 4.90. The summed E-state index contributed by atoms with van der Waals surface area (Å²) in [6.45, 7) is 9.59. The zero-order valence-electron chi connectivity index (χ0n) is 17.4. The molecule has 2 aromatic rings. The summed E-state index contributed by atoms with van der Waals surface area (Å²) in [5.74, 6) is 0.997. The monoisotopic (exact) mass is 394 g/mol. The first-order valence-electron chi connectivity index (χ1n) is 10.6. The third kappa shape index (κ3) is 4.65. The molecule has 0 saturated carbocycles. The molecular formula is C23H30N4O2. The Morgan fingerprint density at radius 3 is 2.72 bits per heavy atom. The number of morpholine rings is 1. The Bertz CT molecular complexity index is 877. The van der Waals surface area contributed by atoms with Crippen LogP contribution < -0.4 is 5.32 Å². The quantitative estimate of drug-likeness (QED) is 0.760. The van der Waals surface area contributed by atoms with Gasteiger partial charge in [0.25, 0.3) is 0 Å². The van der Waals surface area contributed by atoms with Gasteiger partial charge < -0.3 is 10.1 Å². The van der Waals surface area contributed by atoms with E-state index in [9.17, 15) is 4.79 Å². The summed E-state index contributed by atoms with van der Waals surface area (Å²) in [6, 6.07) is 8.34. The number of aromatic nitrogens is 2. The smallest absolute Gasteiger partial charge is 0.223 e. The van der Waals surface area contributed by atoms with Gasteiger partial charge in [-0.2, -0.15) is 0 Å². The van der Waals surface area contributed by atoms with Crippen LogP contribution >= 0.6 is 0 Å².